The minimum absolute atomic E-state index is 0.0363. The Morgan fingerprint density at radius 1 is 1.50 bits per heavy atom. The van der Waals surface area contributed by atoms with Crippen LogP contribution in [0.1, 0.15) is 6.42 Å². The van der Waals surface area contributed by atoms with Gasteiger partial charge in [0.25, 0.3) is 0 Å². The molecule has 1 saturated heterocycles. The highest BCUT2D eigenvalue weighted by molar-refractivity contribution is 8.14. The lowest BCUT2D eigenvalue weighted by molar-refractivity contribution is -0.121. The summed E-state index contributed by atoms with van der Waals surface area (Å²) < 4.78 is 0. The minimum atomic E-state index is -0.688. The van der Waals surface area contributed by atoms with Crippen LogP contribution in [0.15, 0.2) is 12.2 Å². The highest BCUT2D eigenvalue weighted by Gasteiger charge is 2.25. The highest BCUT2D eigenvalue weighted by atomic mass is 32.2. The second-order valence-electron chi connectivity index (χ2n) is 2.75. The molecule has 0 radical (unpaired) electrons. The van der Waals surface area contributed by atoms with Crippen molar-refractivity contribution in [2.24, 2.45) is 5.73 Å². The molecular formula is C8H10N2O3S. The van der Waals surface area contributed by atoms with Crippen molar-refractivity contribution in [3.63, 3.8) is 0 Å². The fourth-order valence-corrected chi connectivity index (χ4v) is 1.94. The lowest BCUT2D eigenvalue weighted by Crippen LogP contribution is -2.36. The van der Waals surface area contributed by atoms with Crippen molar-refractivity contribution in [3.05, 3.63) is 12.2 Å². The van der Waals surface area contributed by atoms with Gasteiger partial charge in [0.1, 0.15) is 0 Å². The van der Waals surface area contributed by atoms with Crippen LogP contribution in [0.25, 0.3) is 0 Å². The van der Waals surface area contributed by atoms with Crippen molar-refractivity contribution >= 4 is 28.7 Å². The Balaban J connectivity index is 2.40. The molecule has 0 saturated carbocycles. The number of primary amides is 1. The van der Waals surface area contributed by atoms with Crippen molar-refractivity contribution in [1.82, 2.24) is 5.32 Å². The molecule has 0 aliphatic carbocycles. The predicted molar refractivity (Wildman–Crippen MR) is 52.3 cm³/mol. The third kappa shape index (κ3) is 3.21. The molecule has 0 aromatic rings. The summed E-state index contributed by atoms with van der Waals surface area (Å²) in [6.07, 6.45) is 2.63. The van der Waals surface area contributed by atoms with Crippen LogP contribution in [0.5, 0.6) is 0 Å². The summed E-state index contributed by atoms with van der Waals surface area (Å²) in [5, 5.41) is 2.44. The van der Waals surface area contributed by atoms with Gasteiger partial charge in [0.15, 0.2) is 0 Å². The number of hydrogen-bond acceptors (Lipinski definition) is 4. The first-order valence-electron chi connectivity index (χ1n) is 4.04. The fraction of sp³-hybridized carbons (Fsp3) is 0.375. The van der Waals surface area contributed by atoms with E-state index in [4.69, 9.17) is 5.73 Å². The highest BCUT2D eigenvalue weighted by Crippen LogP contribution is 2.19. The molecular weight excluding hydrogens is 204 g/mol. The van der Waals surface area contributed by atoms with Crippen LogP contribution in [0.4, 0.5) is 0 Å². The lowest BCUT2D eigenvalue weighted by atomic mass is 10.2. The van der Waals surface area contributed by atoms with Crippen LogP contribution in [0.2, 0.25) is 0 Å². The van der Waals surface area contributed by atoms with E-state index in [1.54, 1.807) is 0 Å². The predicted octanol–water partition coefficient (Wildman–Crippen LogP) is -0.824. The second kappa shape index (κ2) is 4.80. The van der Waals surface area contributed by atoms with Crippen molar-refractivity contribution in [2.45, 2.75) is 12.5 Å². The van der Waals surface area contributed by atoms with Crippen LogP contribution in [0.3, 0.4) is 0 Å². The summed E-state index contributed by atoms with van der Waals surface area (Å²) in [5.41, 5.74) is 4.80. The third-order valence-corrected chi connectivity index (χ3v) is 2.66. The molecule has 0 bridgehead atoms. The largest absolute Gasteiger partial charge is 0.366 e. The Hall–Kier alpha value is -1.30. The number of thioether (sulfide) groups is 1. The molecule has 1 heterocycles. The molecule has 1 rings (SSSR count). The first-order valence-corrected chi connectivity index (χ1v) is 5.03. The Morgan fingerprint density at radius 2 is 2.21 bits per heavy atom. The van der Waals surface area contributed by atoms with E-state index in [0.717, 1.165) is 17.9 Å². The molecule has 3 N–H and O–H groups in total. The first kappa shape index (κ1) is 10.8. The van der Waals surface area contributed by atoms with Gasteiger partial charge < -0.3 is 11.1 Å². The van der Waals surface area contributed by atoms with E-state index >= 15 is 0 Å². The molecule has 2 amide bonds. The molecule has 0 aromatic carbocycles. The SMILES string of the molecule is NC(=O)/C=C/C(=O)N[C@@H]1CCSC1=O. The van der Waals surface area contributed by atoms with E-state index < -0.39 is 17.9 Å². The van der Waals surface area contributed by atoms with Gasteiger partial charge in [0, 0.05) is 17.9 Å². The smallest absolute Gasteiger partial charge is 0.244 e. The summed E-state index contributed by atoms with van der Waals surface area (Å²) in [6.45, 7) is 0. The zero-order valence-electron chi connectivity index (χ0n) is 7.36. The Morgan fingerprint density at radius 3 is 2.71 bits per heavy atom. The van der Waals surface area contributed by atoms with Gasteiger partial charge in [0.2, 0.25) is 16.9 Å². The normalized spacial score (nSPS) is 21.4. The Kier molecular flexibility index (Phi) is 3.70. The van der Waals surface area contributed by atoms with Gasteiger partial charge in [-0.3, -0.25) is 14.4 Å². The van der Waals surface area contributed by atoms with Gasteiger partial charge >= 0.3 is 0 Å². The van der Waals surface area contributed by atoms with Crippen molar-refractivity contribution < 1.29 is 14.4 Å². The summed E-state index contributed by atoms with van der Waals surface area (Å²) >= 11 is 1.20. The number of rotatable bonds is 3. The average Bonchev–Trinajstić information content (AvgIpc) is 2.49. The molecule has 76 valence electrons. The molecule has 1 fully saturated rings. The van der Waals surface area contributed by atoms with Gasteiger partial charge in [-0.25, -0.2) is 0 Å². The lowest BCUT2D eigenvalue weighted by Gasteiger charge is -2.06. The van der Waals surface area contributed by atoms with Crippen LogP contribution >= 0.6 is 11.8 Å². The van der Waals surface area contributed by atoms with E-state index in [2.05, 4.69) is 5.32 Å². The molecule has 1 aliphatic heterocycles. The Bertz CT molecular complexity index is 301. The number of carbonyl (C=O) groups excluding carboxylic acids is 3. The maximum Gasteiger partial charge on any atom is 0.244 e. The van der Waals surface area contributed by atoms with E-state index in [1.807, 2.05) is 0 Å². The van der Waals surface area contributed by atoms with E-state index in [-0.39, 0.29) is 5.12 Å². The molecule has 1 atom stereocenters. The summed E-state index contributed by atoms with van der Waals surface area (Å²) in [7, 11) is 0. The number of carbonyl (C=O) groups is 3. The molecule has 0 aromatic heterocycles. The van der Waals surface area contributed by atoms with Gasteiger partial charge in [-0.1, -0.05) is 11.8 Å². The second-order valence-corrected chi connectivity index (χ2v) is 3.85. The number of amides is 2. The zero-order valence-corrected chi connectivity index (χ0v) is 8.17. The van der Waals surface area contributed by atoms with Crippen molar-refractivity contribution in [2.75, 3.05) is 5.75 Å². The minimum Gasteiger partial charge on any atom is -0.366 e. The van der Waals surface area contributed by atoms with E-state index in [1.165, 1.54) is 11.8 Å². The standard InChI is InChI=1S/C8H10N2O3S/c9-6(11)1-2-7(12)10-5-3-4-14-8(5)13/h1-2,5H,3-4H2,(H2,9,11)(H,10,12)/b2-1+/t5-/m1/s1. The third-order valence-electron chi connectivity index (χ3n) is 1.65. The fourth-order valence-electron chi connectivity index (χ4n) is 1.00. The van der Waals surface area contributed by atoms with Crippen LogP contribution in [-0.2, 0) is 14.4 Å². The van der Waals surface area contributed by atoms with Gasteiger partial charge in [0.05, 0.1) is 6.04 Å². The van der Waals surface area contributed by atoms with Gasteiger partial charge in [-0.05, 0) is 6.42 Å². The first-order chi connectivity index (χ1) is 6.59. The number of nitrogens with one attached hydrogen (secondary N) is 1. The number of hydrogen-bond donors (Lipinski definition) is 2. The summed E-state index contributed by atoms with van der Waals surface area (Å²) in [6, 6.07) is -0.426. The van der Waals surface area contributed by atoms with Crippen LogP contribution in [0, 0.1) is 0 Å². The van der Waals surface area contributed by atoms with Crippen LogP contribution < -0.4 is 11.1 Å². The quantitative estimate of drug-likeness (QED) is 0.600. The number of nitrogens with two attached hydrogens (primary N) is 1. The van der Waals surface area contributed by atoms with E-state index in [0.29, 0.717) is 6.42 Å². The zero-order chi connectivity index (χ0) is 10.6. The summed E-state index contributed by atoms with van der Waals surface area (Å²) in [4.78, 5) is 32.5. The topological polar surface area (TPSA) is 89.3 Å². The van der Waals surface area contributed by atoms with Crippen molar-refractivity contribution in [3.8, 4) is 0 Å². The van der Waals surface area contributed by atoms with Gasteiger partial charge in [-0.15, -0.1) is 0 Å². The maximum atomic E-state index is 11.1. The molecule has 0 spiro atoms. The molecule has 14 heavy (non-hydrogen) atoms. The van der Waals surface area contributed by atoms with Crippen LogP contribution in [-0.4, -0.2) is 28.7 Å². The van der Waals surface area contributed by atoms with E-state index in [9.17, 15) is 14.4 Å². The Labute approximate surface area is 85.1 Å². The molecule has 6 heteroatoms. The monoisotopic (exact) mass is 214 g/mol. The summed E-state index contributed by atoms with van der Waals surface area (Å²) in [5.74, 6) is -0.430. The molecule has 1 aliphatic rings. The molecule has 5 nitrogen and oxygen atoms in total. The van der Waals surface area contributed by atoms with Gasteiger partial charge in [-0.2, -0.15) is 0 Å². The van der Waals surface area contributed by atoms with Crippen molar-refractivity contribution in [1.29, 1.82) is 0 Å². The maximum absolute atomic E-state index is 11.1. The molecule has 0 unspecified atom stereocenters. The average molecular weight is 214 g/mol.